The molecule has 3 heterocycles. The first-order valence-corrected chi connectivity index (χ1v) is 9.37. The van der Waals surface area contributed by atoms with Gasteiger partial charge in [-0.15, -0.1) is 11.3 Å². The van der Waals surface area contributed by atoms with Gasteiger partial charge in [-0.1, -0.05) is 23.7 Å². The van der Waals surface area contributed by atoms with Gasteiger partial charge in [-0.25, -0.2) is 9.97 Å². The van der Waals surface area contributed by atoms with Gasteiger partial charge in [0.15, 0.2) is 5.82 Å². The molecule has 0 fully saturated rings. The molecule has 0 saturated heterocycles. The Labute approximate surface area is 164 Å². The quantitative estimate of drug-likeness (QED) is 0.697. The average Bonchev–Trinajstić information content (AvgIpc) is 3.30. The fourth-order valence-corrected chi connectivity index (χ4v) is 4.11. The van der Waals surface area contributed by atoms with Gasteiger partial charge in [0.25, 0.3) is 0 Å². The third kappa shape index (κ3) is 3.00. The molecule has 0 spiro atoms. The van der Waals surface area contributed by atoms with E-state index in [0.717, 1.165) is 17.7 Å². The SMILES string of the molecule is CC(O)(c1ccc2c(c1)N(c1nc(N)ncc1Cl)CC2)c1ncc(C#N)s1. The summed E-state index contributed by atoms with van der Waals surface area (Å²) in [6.45, 7) is 2.37. The van der Waals surface area contributed by atoms with Crippen LogP contribution in [0.5, 0.6) is 0 Å². The number of nitrogens with two attached hydrogens (primary N) is 1. The lowest BCUT2D eigenvalue weighted by molar-refractivity contribution is 0.102. The number of aromatic nitrogens is 3. The molecule has 3 N–H and O–H groups in total. The highest BCUT2D eigenvalue weighted by atomic mass is 35.5. The maximum atomic E-state index is 11.1. The Balaban J connectivity index is 1.77. The van der Waals surface area contributed by atoms with Crippen LogP contribution in [0.25, 0.3) is 0 Å². The van der Waals surface area contributed by atoms with E-state index in [1.807, 2.05) is 29.2 Å². The summed E-state index contributed by atoms with van der Waals surface area (Å²) in [5.41, 5.74) is 7.11. The number of hydrogen-bond donors (Lipinski definition) is 2. The summed E-state index contributed by atoms with van der Waals surface area (Å²) < 4.78 is 0. The number of thiazole rings is 1. The zero-order valence-electron chi connectivity index (χ0n) is 14.3. The van der Waals surface area contributed by atoms with Crippen molar-refractivity contribution in [3.8, 4) is 6.07 Å². The van der Waals surface area contributed by atoms with Crippen LogP contribution in [0.2, 0.25) is 5.02 Å². The molecule has 0 saturated carbocycles. The van der Waals surface area contributed by atoms with Gasteiger partial charge in [0, 0.05) is 12.2 Å². The van der Waals surface area contributed by atoms with Gasteiger partial charge in [0.05, 0.1) is 12.4 Å². The van der Waals surface area contributed by atoms with E-state index in [1.54, 1.807) is 6.92 Å². The largest absolute Gasteiger partial charge is 0.378 e. The first kappa shape index (κ1) is 17.7. The van der Waals surface area contributed by atoms with Gasteiger partial charge < -0.3 is 15.7 Å². The summed E-state index contributed by atoms with van der Waals surface area (Å²) in [6.07, 6.45) is 3.78. The minimum absolute atomic E-state index is 0.151. The smallest absolute Gasteiger partial charge is 0.222 e. The summed E-state index contributed by atoms with van der Waals surface area (Å²) in [5, 5.41) is 21.0. The van der Waals surface area contributed by atoms with Gasteiger partial charge in [-0.05, 0) is 30.5 Å². The van der Waals surface area contributed by atoms with Crippen molar-refractivity contribution in [1.29, 1.82) is 5.26 Å². The lowest BCUT2D eigenvalue weighted by Crippen LogP contribution is -2.23. The second-order valence-electron chi connectivity index (χ2n) is 6.36. The molecule has 136 valence electrons. The third-order valence-electron chi connectivity index (χ3n) is 4.58. The van der Waals surface area contributed by atoms with Gasteiger partial charge in [-0.3, -0.25) is 0 Å². The van der Waals surface area contributed by atoms with E-state index in [-0.39, 0.29) is 5.95 Å². The Hall–Kier alpha value is -2.73. The van der Waals surface area contributed by atoms with Crippen LogP contribution in [0.15, 0.2) is 30.6 Å². The van der Waals surface area contributed by atoms with Crippen molar-refractivity contribution >= 4 is 40.4 Å². The number of hydrogen-bond acceptors (Lipinski definition) is 8. The highest BCUT2D eigenvalue weighted by Crippen LogP contribution is 2.40. The fraction of sp³-hybridized carbons (Fsp3) is 0.222. The van der Waals surface area contributed by atoms with Crippen molar-refractivity contribution in [2.24, 2.45) is 0 Å². The number of benzene rings is 1. The topological polar surface area (TPSA) is 112 Å². The molecule has 4 rings (SSSR count). The first-order chi connectivity index (χ1) is 12.9. The normalized spacial score (nSPS) is 15.3. The van der Waals surface area contributed by atoms with E-state index < -0.39 is 5.60 Å². The Kier molecular flexibility index (Phi) is 4.23. The van der Waals surface area contributed by atoms with Crippen LogP contribution in [-0.2, 0) is 12.0 Å². The third-order valence-corrected chi connectivity index (χ3v) is 5.95. The monoisotopic (exact) mass is 398 g/mol. The van der Waals surface area contributed by atoms with Crippen molar-refractivity contribution in [2.45, 2.75) is 18.9 Å². The summed E-state index contributed by atoms with van der Waals surface area (Å²) in [6, 6.07) is 7.82. The number of nitrogens with zero attached hydrogens (tertiary/aromatic N) is 5. The highest BCUT2D eigenvalue weighted by molar-refractivity contribution is 7.12. The van der Waals surface area contributed by atoms with Crippen molar-refractivity contribution in [3.05, 3.63) is 56.6 Å². The Morgan fingerprint density at radius 3 is 2.93 bits per heavy atom. The first-order valence-electron chi connectivity index (χ1n) is 8.18. The zero-order valence-corrected chi connectivity index (χ0v) is 15.9. The fourth-order valence-electron chi connectivity index (χ4n) is 3.14. The molecule has 27 heavy (non-hydrogen) atoms. The molecule has 1 aliphatic heterocycles. The molecule has 1 atom stereocenters. The minimum Gasteiger partial charge on any atom is -0.378 e. The van der Waals surface area contributed by atoms with Crippen LogP contribution >= 0.6 is 22.9 Å². The molecule has 0 bridgehead atoms. The van der Waals surface area contributed by atoms with E-state index in [9.17, 15) is 5.11 Å². The van der Waals surface area contributed by atoms with E-state index in [1.165, 1.54) is 23.7 Å². The van der Waals surface area contributed by atoms with Crippen LogP contribution in [0.4, 0.5) is 17.5 Å². The minimum atomic E-state index is -1.32. The van der Waals surface area contributed by atoms with E-state index in [0.29, 0.717) is 32.8 Å². The lowest BCUT2D eigenvalue weighted by atomic mass is 9.95. The summed E-state index contributed by atoms with van der Waals surface area (Å²) in [4.78, 5) is 14.8. The van der Waals surface area contributed by atoms with Gasteiger partial charge >= 0.3 is 0 Å². The zero-order chi connectivity index (χ0) is 19.2. The van der Waals surface area contributed by atoms with Crippen molar-refractivity contribution in [1.82, 2.24) is 15.0 Å². The van der Waals surface area contributed by atoms with Gasteiger partial charge in [0.1, 0.15) is 26.6 Å². The van der Waals surface area contributed by atoms with Crippen molar-refractivity contribution < 1.29 is 5.11 Å². The average molecular weight is 399 g/mol. The predicted octanol–water partition coefficient (Wildman–Crippen LogP) is 2.99. The molecule has 1 aromatic carbocycles. The van der Waals surface area contributed by atoms with E-state index in [4.69, 9.17) is 22.6 Å². The van der Waals surface area contributed by atoms with E-state index in [2.05, 4.69) is 15.0 Å². The van der Waals surface area contributed by atoms with Crippen molar-refractivity contribution in [3.63, 3.8) is 0 Å². The molecule has 1 unspecified atom stereocenters. The molecule has 3 aromatic rings. The predicted molar refractivity (Wildman–Crippen MR) is 104 cm³/mol. The molecule has 1 aliphatic rings. The van der Waals surface area contributed by atoms with Crippen LogP contribution in [0.1, 0.15) is 27.9 Å². The molecule has 0 amide bonds. The summed E-state index contributed by atoms with van der Waals surface area (Å²) in [5.74, 6) is 0.693. The molecular formula is C18H15ClN6OS. The van der Waals surface area contributed by atoms with Crippen LogP contribution < -0.4 is 10.6 Å². The summed E-state index contributed by atoms with van der Waals surface area (Å²) in [7, 11) is 0. The second-order valence-corrected chi connectivity index (χ2v) is 7.80. The number of rotatable bonds is 3. The van der Waals surface area contributed by atoms with Crippen LogP contribution in [0, 0.1) is 11.3 Å². The highest BCUT2D eigenvalue weighted by Gasteiger charge is 2.32. The molecule has 0 aliphatic carbocycles. The maximum absolute atomic E-state index is 11.1. The summed E-state index contributed by atoms with van der Waals surface area (Å²) >= 11 is 7.45. The number of nitriles is 1. The second kappa shape index (κ2) is 6.46. The standard InChI is InChI=1S/C18H15ClN6OS/c1-18(26,16-22-8-12(7-20)27-16)11-3-2-10-4-5-25(14(10)6-11)15-13(19)9-23-17(21)24-15/h2-3,6,8-9,26H,4-5H2,1H3,(H2,21,23,24). The van der Waals surface area contributed by atoms with E-state index >= 15 is 0 Å². The lowest BCUT2D eigenvalue weighted by Gasteiger charge is -2.24. The van der Waals surface area contributed by atoms with Gasteiger partial charge in [0.2, 0.25) is 5.95 Å². The molecule has 7 nitrogen and oxygen atoms in total. The molecule has 2 aromatic heterocycles. The molecule has 9 heteroatoms. The number of fused-ring (bicyclic) bond motifs is 1. The van der Waals surface area contributed by atoms with Crippen molar-refractivity contribution in [2.75, 3.05) is 17.2 Å². The number of aliphatic hydroxyl groups is 1. The van der Waals surface area contributed by atoms with Crippen LogP contribution in [-0.4, -0.2) is 26.6 Å². The number of nitrogen functional groups attached to an aromatic ring is 1. The molecular weight excluding hydrogens is 384 g/mol. The molecule has 0 radical (unpaired) electrons. The van der Waals surface area contributed by atoms with Crippen LogP contribution in [0.3, 0.4) is 0 Å². The van der Waals surface area contributed by atoms with Gasteiger partial charge in [-0.2, -0.15) is 10.2 Å². The number of halogens is 1. The Morgan fingerprint density at radius 1 is 1.37 bits per heavy atom. The number of anilines is 3. The Bertz CT molecular complexity index is 1070. The Morgan fingerprint density at radius 2 is 2.19 bits per heavy atom. The maximum Gasteiger partial charge on any atom is 0.222 e.